The van der Waals surface area contributed by atoms with Gasteiger partial charge in [0.15, 0.2) is 0 Å². The Kier molecular flexibility index (Phi) is 4.07. The van der Waals surface area contributed by atoms with Crippen LogP contribution in [0.15, 0.2) is 30.3 Å². The third-order valence-electron chi connectivity index (χ3n) is 3.29. The third-order valence-corrected chi connectivity index (χ3v) is 9.28. The van der Waals surface area contributed by atoms with Crippen molar-refractivity contribution in [3.05, 3.63) is 35.9 Å². The van der Waals surface area contributed by atoms with Crippen molar-refractivity contribution in [2.24, 2.45) is 0 Å². The van der Waals surface area contributed by atoms with E-state index in [0.717, 1.165) is 5.56 Å². The second-order valence-corrected chi connectivity index (χ2v) is 9.94. The van der Waals surface area contributed by atoms with Gasteiger partial charge in [0.25, 0.3) is 0 Å². The average Bonchev–Trinajstić information content (AvgIpc) is 2.64. The summed E-state index contributed by atoms with van der Waals surface area (Å²) in [6.45, 7) is 0.482. The Labute approximate surface area is 110 Å². The first-order valence-electron chi connectivity index (χ1n) is 5.96. The highest BCUT2D eigenvalue weighted by molar-refractivity contribution is 8.46. The SMILES string of the molecule is CC[S@@](=O)[P@]1(=O)O[C@H](c2ccccc2)[C@H](C)N1C. The van der Waals surface area contributed by atoms with Crippen LogP contribution in [0.1, 0.15) is 25.5 Å². The van der Waals surface area contributed by atoms with E-state index in [1.807, 2.05) is 37.3 Å². The highest BCUT2D eigenvalue weighted by Crippen LogP contribution is 2.64. The van der Waals surface area contributed by atoms with Crippen LogP contribution in [0, 0.1) is 0 Å². The maximum absolute atomic E-state index is 12.7. The van der Waals surface area contributed by atoms with Gasteiger partial charge in [0, 0.05) is 11.8 Å². The predicted octanol–water partition coefficient (Wildman–Crippen LogP) is 2.95. The Morgan fingerprint density at radius 1 is 1.39 bits per heavy atom. The molecule has 1 heterocycles. The van der Waals surface area contributed by atoms with Crippen molar-refractivity contribution in [3.63, 3.8) is 0 Å². The largest absolute Gasteiger partial charge is 0.359 e. The molecule has 100 valence electrons. The van der Waals surface area contributed by atoms with Gasteiger partial charge in [0.05, 0.1) is 0 Å². The Balaban J connectivity index is 2.34. The zero-order chi connectivity index (χ0) is 13.3. The van der Waals surface area contributed by atoms with E-state index in [1.54, 1.807) is 18.6 Å². The lowest BCUT2D eigenvalue weighted by molar-refractivity contribution is 0.213. The second-order valence-electron chi connectivity index (χ2n) is 4.33. The standard InChI is InChI=1S/C12H18NO3PS/c1-4-18(15)17(14)13(3)10(2)12(16-17)11-8-6-5-7-9-11/h5-10,12H,4H2,1-3H3/t10-,12-,17+,18-/m0/s1. The van der Waals surface area contributed by atoms with Gasteiger partial charge in [-0.15, -0.1) is 0 Å². The minimum Gasteiger partial charge on any atom is -0.298 e. The van der Waals surface area contributed by atoms with Crippen molar-refractivity contribution >= 4 is 17.1 Å². The van der Waals surface area contributed by atoms with E-state index < -0.39 is 17.1 Å². The van der Waals surface area contributed by atoms with Gasteiger partial charge in [-0.05, 0) is 19.5 Å². The summed E-state index contributed by atoms with van der Waals surface area (Å²) in [5.74, 6) is 0.343. The van der Waals surface area contributed by atoms with Gasteiger partial charge in [0.2, 0.25) is 0 Å². The van der Waals surface area contributed by atoms with Gasteiger partial charge in [0.1, 0.15) is 16.5 Å². The summed E-state index contributed by atoms with van der Waals surface area (Å²) in [4.78, 5) is 0. The molecule has 0 spiro atoms. The molecule has 0 bridgehead atoms. The topological polar surface area (TPSA) is 46.6 Å². The molecular formula is C12H18NO3PS. The Hall–Kier alpha value is -0.480. The van der Waals surface area contributed by atoms with Crippen LogP contribution in [-0.2, 0) is 19.5 Å². The van der Waals surface area contributed by atoms with E-state index in [4.69, 9.17) is 4.52 Å². The molecule has 6 heteroatoms. The quantitative estimate of drug-likeness (QED) is 0.802. The van der Waals surface area contributed by atoms with Crippen LogP contribution >= 0.6 is 6.72 Å². The third kappa shape index (κ3) is 2.21. The molecule has 0 aromatic heterocycles. The molecule has 2 rings (SSSR count). The number of hydrogen-bond donors (Lipinski definition) is 0. The van der Waals surface area contributed by atoms with E-state index in [9.17, 15) is 8.77 Å². The molecule has 0 amide bonds. The number of rotatable bonds is 3. The first kappa shape index (κ1) is 13.9. The minimum absolute atomic E-state index is 0.0475. The highest BCUT2D eigenvalue weighted by atomic mass is 32.8. The van der Waals surface area contributed by atoms with Crippen LogP contribution in [0.3, 0.4) is 0 Å². The predicted molar refractivity (Wildman–Crippen MR) is 73.8 cm³/mol. The molecule has 1 aromatic carbocycles. The van der Waals surface area contributed by atoms with Crippen molar-refractivity contribution in [3.8, 4) is 0 Å². The molecule has 4 nitrogen and oxygen atoms in total. The molecular weight excluding hydrogens is 269 g/mol. The molecule has 1 aliphatic heterocycles. The molecule has 1 fully saturated rings. The normalized spacial score (nSPS) is 34.6. The zero-order valence-corrected chi connectivity index (χ0v) is 12.5. The summed E-state index contributed by atoms with van der Waals surface area (Å²) in [7, 11) is 0.270. The van der Waals surface area contributed by atoms with Gasteiger partial charge >= 0.3 is 6.72 Å². The molecule has 0 N–H and O–H groups in total. The number of nitrogens with zero attached hydrogens (tertiary/aromatic N) is 1. The van der Waals surface area contributed by atoms with Gasteiger partial charge in [-0.2, -0.15) is 0 Å². The zero-order valence-electron chi connectivity index (χ0n) is 10.8. The number of likely N-dealkylation sites (N-methyl/N-ethyl adjacent to an activating group) is 1. The summed E-state index contributed by atoms with van der Waals surface area (Å²) in [5, 5.41) is 0. The fraction of sp³-hybridized carbons (Fsp3) is 0.500. The van der Waals surface area contributed by atoms with Crippen molar-refractivity contribution in [2.75, 3.05) is 12.8 Å². The fourth-order valence-corrected chi connectivity index (χ4v) is 6.93. The van der Waals surface area contributed by atoms with E-state index in [1.165, 1.54) is 0 Å². The van der Waals surface area contributed by atoms with Gasteiger partial charge in [-0.25, -0.2) is 8.88 Å². The second kappa shape index (κ2) is 5.25. The lowest BCUT2D eigenvalue weighted by Crippen LogP contribution is -2.24. The summed E-state index contributed by atoms with van der Waals surface area (Å²) in [5.41, 5.74) is 0.975. The smallest absolute Gasteiger partial charge is 0.298 e. The van der Waals surface area contributed by atoms with E-state index in [0.29, 0.717) is 5.75 Å². The van der Waals surface area contributed by atoms with Gasteiger partial charge < -0.3 is 0 Å². The van der Waals surface area contributed by atoms with Crippen LogP contribution in [-0.4, -0.2) is 27.7 Å². The van der Waals surface area contributed by atoms with Crippen molar-refractivity contribution in [1.82, 2.24) is 4.67 Å². The first-order chi connectivity index (χ1) is 8.50. The molecule has 18 heavy (non-hydrogen) atoms. The van der Waals surface area contributed by atoms with Crippen LogP contribution < -0.4 is 0 Å². The van der Waals surface area contributed by atoms with Crippen molar-refractivity contribution < 1.29 is 13.3 Å². The summed E-state index contributed by atoms with van der Waals surface area (Å²) in [6, 6.07) is 9.61. The van der Waals surface area contributed by atoms with Crippen LogP contribution in [0.5, 0.6) is 0 Å². The lowest BCUT2D eigenvalue weighted by atomic mass is 10.0. The first-order valence-corrected chi connectivity index (χ1v) is 9.46. The Morgan fingerprint density at radius 2 is 2.00 bits per heavy atom. The molecule has 1 aliphatic rings. The Morgan fingerprint density at radius 3 is 2.56 bits per heavy atom. The average molecular weight is 287 g/mol. The van der Waals surface area contributed by atoms with E-state index in [2.05, 4.69) is 0 Å². The maximum atomic E-state index is 12.7. The van der Waals surface area contributed by atoms with E-state index in [-0.39, 0.29) is 12.1 Å². The van der Waals surface area contributed by atoms with Gasteiger partial charge in [-0.1, -0.05) is 37.3 Å². The molecule has 0 unspecified atom stereocenters. The van der Waals surface area contributed by atoms with Crippen molar-refractivity contribution in [1.29, 1.82) is 0 Å². The molecule has 0 aliphatic carbocycles. The molecule has 1 saturated heterocycles. The maximum Gasteiger partial charge on any atom is 0.359 e. The van der Waals surface area contributed by atoms with Crippen molar-refractivity contribution in [2.45, 2.75) is 26.0 Å². The number of hydrogen-bond acceptors (Lipinski definition) is 3. The molecule has 0 saturated carbocycles. The van der Waals surface area contributed by atoms with Crippen LogP contribution in [0.4, 0.5) is 0 Å². The fourth-order valence-electron chi connectivity index (χ4n) is 2.06. The van der Waals surface area contributed by atoms with E-state index >= 15 is 0 Å². The minimum atomic E-state index is -3.22. The summed E-state index contributed by atoms with van der Waals surface area (Å²) in [6.07, 6.45) is -0.280. The molecule has 4 atom stereocenters. The molecule has 0 radical (unpaired) electrons. The van der Waals surface area contributed by atoms with Crippen LogP contribution in [0.2, 0.25) is 0 Å². The monoisotopic (exact) mass is 287 g/mol. The highest BCUT2D eigenvalue weighted by Gasteiger charge is 2.50. The lowest BCUT2D eigenvalue weighted by Gasteiger charge is -2.19. The summed E-state index contributed by atoms with van der Waals surface area (Å²) >= 11 is 0. The Bertz CT molecular complexity index is 493. The summed E-state index contributed by atoms with van der Waals surface area (Å²) < 4.78 is 32.0. The van der Waals surface area contributed by atoms with Gasteiger partial charge in [-0.3, -0.25) is 9.09 Å². The van der Waals surface area contributed by atoms with Crippen LogP contribution in [0.25, 0.3) is 0 Å². The molecule has 1 aromatic rings. The number of benzene rings is 1.